The second-order valence-electron chi connectivity index (χ2n) is 7.99. The topological polar surface area (TPSA) is 38.8 Å². The first-order valence-electron chi connectivity index (χ1n) is 9.90. The molecule has 2 aliphatic heterocycles. The van der Waals surface area contributed by atoms with Crippen LogP contribution in [0.2, 0.25) is 0 Å². The lowest BCUT2D eigenvalue weighted by Crippen LogP contribution is -2.44. The number of ether oxygens (including phenoxy) is 2. The van der Waals surface area contributed by atoms with E-state index in [0.29, 0.717) is 18.6 Å². The Morgan fingerprint density at radius 1 is 0.870 bits per heavy atom. The summed E-state index contributed by atoms with van der Waals surface area (Å²) in [5.74, 6) is 1.62. The maximum absolute atomic E-state index is 12.5. The third-order valence-corrected chi connectivity index (χ3v) is 6.68. The standard InChI is InChI=1S/C19H31NO3/c21-18(23-19-11-5-6-12-22-19)13-20-16-9-3-1-7-14(16)15-8-2-4-10-17(15)20/h14-17,19H,1-13H2. The lowest BCUT2D eigenvalue weighted by Gasteiger charge is -2.34. The minimum Gasteiger partial charge on any atom is -0.435 e. The summed E-state index contributed by atoms with van der Waals surface area (Å²) in [5, 5.41) is 0. The molecule has 0 aromatic rings. The van der Waals surface area contributed by atoms with Crippen LogP contribution in [0.1, 0.15) is 70.6 Å². The molecule has 0 spiro atoms. The average Bonchev–Trinajstić information content (AvgIpc) is 2.90. The van der Waals surface area contributed by atoms with E-state index in [4.69, 9.17) is 9.47 Å². The molecule has 2 saturated carbocycles. The van der Waals surface area contributed by atoms with E-state index in [1.54, 1.807) is 0 Å². The first kappa shape index (κ1) is 15.9. The molecule has 4 fully saturated rings. The van der Waals surface area contributed by atoms with E-state index in [1.165, 1.54) is 51.4 Å². The molecule has 0 amide bonds. The minimum absolute atomic E-state index is 0.0625. The normalized spacial score (nSPS) is 41.1. The summed E-state index contributed by atoms with van der Waals surface area (Å²) in [7, 11) is 0. The number of fused-ring (bicyclic) bond motifs is 3. The Morgan fingerprint density at radius 3 is 2.09 bits per heavy atom. The zero-order valence-electron chi connectivity index (χ0n) is 14.3. The van der Waals surface area contributed by atoms with Crippen molar-refractivity contribution in [2.45, 2.75) is 89.0 Å². The molecular formula is C19H31NO3. The number of esters is 1. The molecule has 130 valence electrons. The Bertz CT molecular complexity index is 399. The molecule has 0 N–H and O–H groups in total. The van der Waals surface area contributed by atoms with E-state index in [2.05, 4.69) is 4.90 Å². The van der Waals surface area contributed by atoms with Crippen molar-refractivity contribution in [3.63, 3.8) is 0 Å². The summed E-state index contributed by atoms with van der Waals surface area (Å²) in [6.45, 7) is 1.22. The zero-order chi connectivity index (χ0) is 15.6. The average molecular weight is 321 g/mol. The van der Waals surface area contributed by atoms with Gasteiger partial charge in [-0.25, -0.2) is 0 Å². The molecule has 5 unspecified atom stereocenters. The molecule has 0 aromatic carbocycles. The number of likely N-dealkylation sites (tertiary alicyclic amines) is 1. The van der Waals surface area contributed by atoms with E-state index in [-0.39, 0.29) is 12.3 Å². The molecule has 2 aliphatic carbocycles. The van der Waals surface area contributed by atoms with Crippen LogP contribution in [0.15, 0.2) is 0 Å². The van der Waals surface area contributed by atoms with Crippen LogP contribution in [0.5, 0.6) is 0 Å². The third-order valence-electron chi connectivity index (χ3n) is 6.68. The highest BCUT2D eigenvalue weighted by Gasteiger charge is 2.50. The van der Waals surface area contributed by atoms with Crippen molar-refractivity contribution in [1.82, 2.24) is 4.90 Å². The number of nitrogens with zero attached hydrogens (tertiary/aromatic N) is 1. The van der Waals surface area contributed by atoms with Gasteiger partial charge in [-0.1, -0.05) is 25.7 Å². The lowest BCUT2D eigenvalue weighted by molar-refractivity contribution is -0.188. The van der Waals surface area contributed by atoms with Gasteiger partial charge in [0, 0.05) is 18.5 Å². The molecule has 2 heterocycles. The van der Waals surface area contributed by atoms with Gasteiger partial charge in [0.1, 0.15) is 0 Å². The van der Waals surface area contributed by atoms with Crippen molar-refractivity contribution in [3.05, 3.63) is 0 Å². The highest BCUT2D eigenvalue weighted by atomic mass is 16.7. The highest BCUT2D eigenvalue weighted by molar-refractivity contribution is 5.72. The fourth-order valence-electron chi connectivity index (χ4n) is 5.72. The van der Waals surface area contributed by atoms with Gasteiger partial charge in [0.15, 0.2) is 0 Å². The second-order valence-corrected chi connectivity index (χ2v) is 7.99. The van der Waals surface area contributed by atoms with Crippen LogP contribution < -0.4 is 0 Å². The molecular weight excluding hydrogens is 290 g/mol. The summed E-state index contributed by atoms with van der Waals surface area (Å²) in [5.41, 5.74) is 0. The van der Waals surface area contributed by atoms with Gasteiger partial charge in [-0.2, -0.15) is 0 Å². The van der Waals surface area contributed by atoms with Crippen molar-refractivity contribution in [2.75, 3.05) is 13.2 Å². The Morgan fingerprint density at radius 2 is 1.48 bits per heavy atom. The predicted molar refractivity (Wildman–Crippen MR) is 87.9 cm³/mol. The first-order valence-corrected chi connectivity index (χ1v) is 9.90. The van der Waals surface area contributed by atoms with Gasteiger partial charge in [0.05, 0.1) is 13.2 Å². The van der Waals surface area contributed by atoms with Crippen molar-refractivity contribution in [2.24, 2.45) is 11.8 Å². The smallest absolute Gasteiger partial charge is 0.322 e. The number of carbonyl (C=O) groups excluding carboxylic acids is 1. The molecule has 0 aromatic heterocycles. The molecule has 4 heteroatoms. The molecule has 0 bridgehead atoms. The van der Waals surface area contributed by atoms with Crippen LogP contribution in [-0.2, 0) is 14.3 Å². The van der Waals surface area contributed by atoms with Gasteiger partial charge < -0.3 is 9.47 Å². The predicted octanol–water partition coefficient (Wildman–Crippen LogP) is 3.49. The Hall–Kier alpha value is -0.610. The van der Waals surface area contributed by atoms with Gasteiger partial charge in [0.2, 0.25) is 6.29 Å². The highest BCUT2D eigenvalue weighted by Crippen LogP contribution is 2.48. The van der Waals surface area contributed by atoms with Crippen LogP contribution in [-0.4, -0.2) is 42.4 Å². The Kier molecular flexibility index (Phi) is 4.91. The van der Waals surface area contributed by atoms with E-state index in [9.17, 15) is 4.79 Å². The SMILES string of the molecule is O=C(CN1C2CCCCC2C2CCCCC21)OC1CCCCO1. The fraction of sp³-hybridized carbons (Fsp3) is 0.947. The van der Waals surface area contributed by atoms with Gasteiger partial charge in [0.25, 0.3) is 0 Å². The minimum atomic E-state index is -0.289. The van der Waals surface area contributed by atoms with Crippen LogP contribution in [0.4, 0.5) is 0 Å². The lowest BCUT2D eigenvalue weighted by atomic mass is 9.73. The number of hydrogen-bond acceptors (Lipinski definition) is 4. The molecule has 2 saturated heterocycles. The van der Waals surface area contributed by atoms with Gasteiger partial charge in [-0.3, -0.25) is 9.69 Å². The van der Waals surface area contributed by atoms with Crippen molar-refractivity contribution >= 4 is 5.97 Å². The fourth-order valence-corrected chi connectivity index (χ4v) is 5.72. The third kappa shape index (κ3) is 3.30. The van der Waals surface area contributed by atoms with Crippen molar-refractivity contribution < 1.29 is 14.3 Å². The van der Waals surface area contributed by atoms with E-state index >= 15 is 0 Å². The maximum atomic E-state index is 12.5. The molecule has 4 rings (SSSR count). The second kappa shape index (κ2) is 7.10. The van der Waals surface area contributed by atoms with Crippen LogP contribution >= 0.6 is 0 Å². The Balaban J connectivity index is 1.40. The molecule has 0 radical (unpaired) electrons. The molecule has 4 aliphatic rings. The largest absolute Gasteiger partial charge is 0.435 e. The number of rotatable bonds is 3. The van der Waals surface area contributed by atoms with Crippen molar-refractivity contribution in [1.29, 1.82) is 0 Å². The van der Waals surface area contributed by atoms with Crippen LogP contribution in [0, 0.1) is 11.8 Å². The van der Waals surface area contributed by atoms with E-state index in [0.717, 1.165) is 37.7 Å². The van der Waals surface area contributed by atoms with E-state index in [1.807, 2.05) is 0 Å². The zero-order valence-corrected chi connectivity index (χ0v) is 14.3. The number of hydrogen-bond donors (Lipinski definition) is 0. The van der Waals surface area contributed by atoms with Gasteiger partial charge in [-0.05, 0) is 50.4 Å². The maximum Gasteiger partial charge on any atom is 0.322 e. The van der Waals surface area contributed by atoms with Gasteiger partial charge >= 0.3 is 5.97 Å². The van der Waals surface area contributed by atoms with E-state index < -0.39 is 0 Å². The number of carbonyl (C=O) groups is 1. The summed E-state index contributed by atoms with van der Waals surface area (Å²) < 4.78 is 11.2. The monoisotopic (exact) mass is 321 g/mol. The Labute approximate surface area is 139 Å². The van der Waals surface area contributed by atoms with Crippen molar-refractivity contribution in [3.8, 4) is 0 Å². The molecule has 23 heavy (non-hydrogen) atoms. The first-order chi connectivity index (χ1) is 11.3. The summed E-state index contributed by atoms with van der Waals surface area (Å²) >= 11 is 0. The molecule has 4 nitrogen and oxygen atoms in total. The summed E-state index contributed by atoms with van der Waals surface area (Å²) in [6, 6.07) is 1.27. The summed E-state index contributed by atoms with van der Waals surface area (Å²) in [6.07, 6.45) is 13.5. The van der Waals surface area contributed by atoms with Crippen LogP contribution in [0.25, 0.3) is 0 Å². The van der Waals surface area contributed by atoms with Crippen LogP contribution in [0.3, 0.4) is 0 Å². The summed E-state index contributed by atoms with van der Waals surface area (Å²) in [4.78, 5) is 15.0. The van der Waals surface area contributed by atoms with Gasteiger partial charge in [-0.15, -0.1) is 0 Å². The molecule has 5 atom stereocenters. The quantitative estimate of drug-likeness (QED) is 0.746.